The number of hydrogen-bond acceptors (Lipinski definition) is 2. The van der Waals surface area contributed by atoms with E-state index in [4.69, 9.17) is 4.74 Å². The summed E-state index contributed by atoms with van der Waals surface area (Å²) in [5, 5.41) is 3.52. The SMILES string of the molecule is CCNC(COC1CCCC1)c1ccc(C)cc1. The van der Waals surface area contributed by atoms with E-state index >= 15 is 0 Å². The van der Waals surface area contributed by atoms with Crippen molar-refractivity contribution in [3.8, 4) is 0 Å². The van der Waals surface area contributed by atoms with Crippen LogP contribution in [-0.4, -0.2) is 19.3 Å². The minimum absolute atomic E-state index is 0.330. The lowest BCUT2D eigenvalue weighted by Crippen LogP contribution is -2.27. The lowest BCUT2D eigenvalue weighted by Gasteiger charge is -2.21. The average Bonchev–Trinajstić information content (AvgIpc) is 2.89. The highest BCUT2D eigenvalue weighted by atomic mass is 16.5. The number of nitrogens with one attached hydrogen (secondary N) is 1. The van der Waals surface area contributed by atoms with Crippen LogP contribution in [0.2, 0.25) is 0 Å². The second-order valence-electron chi connectivity index (χ2n) is 5.26. The van der Waals surface area contributed by atoms with Gasteiger partial charge in [-0.15, -0.1) is 0 Å². The fourth-order valence-electron chi connectivity index (χ4n) is 2.61. The van der Waals surface area contributed by atoms with Gasteiger partial charge in [0.2, 0.25) is 0 Å². The molecule has 2 rings (SSSR count). The smallest absolute Gasteiger partial charge is 0.0665 e. The third-order valence-electron chi connectivity index (χ3n) is 3.73. The molecule has 1 aromatic rings. The van der Waals surface area contributed by atoms with E-state index in [1.807, 2.05) is 0 Å². The Morgan fingerprint density at radius 3 is 2.50 bits per heavy atom. The lowest BCUT2D eigenvalue weighted by atomic mass is 10.1. The van der Waals surface area contributed by atoms with Gasteiger partial charge < -0.3 is 10.1 Å². The van der Waals surface area contributed by atoms with Crippen molar-refractivity contribution in [3.05, 3.63) is 35.4 Å². The highest BCUT2D eigenvalue weighted by Gasteiger charge is 2.18. The molecule has 1 unspecified atom stereocenters. The van der Waals surface area contributed by atoms with E-state index in [9.17, 15) is 0 Å². The van der Waals surface area contributed by atoms with Crippen molar-refractivity contribution >= 4 is 0 Å². The zero-order valence-electron chi connectivity index (χ0n) is 11.6. The summed E-state index contributed by atoms with van der Waals surface area (Å²) in [7, 11) is 0. The van der Waals surface area contributed by atoms with Crippen molar-refractivity contribution in [1.82, 2.24) is 5.32 Å². The maximum absolute atomic E-state index is 6.04. The second kappa shape index (κ2) is 6.91. The van der Waals surface area contributed by atoms with Crippen LogP contribution in [0, 0.1) is 6.92 Å². The minimum atomic E-state index is 0.330. The topological polar surface area (TPSA) is 21.3 Å². The molecule has 1 fully saturated rings. The van der Waals surface area contributed by atoms with Gasteiger partial charge in [0.15, 0.2) is 0 Å². The first-order chi connectivity index (χ1) is 8.79. The van der Waals surface area contributed by atoms with Crippen molar-refractivity contribution in [2.75, 3.05) is 13.2 Å². The molecule has 0 aromatic heterocycles. The summed E-state index contributed by atoms with van der Waals surface area (Å²) >= 11 is 0. The molecule has 1 aliphatic rings. The van der Waals surface area contributed by atoms with Crippen LogP contribution in [0.25, 0.3) is 0 Å². The molecule has 100 valence electrons. The third-order valence-corrected chi connectivity index (χ3v) is 3.73. The van der Waals surface area contributed by atoms with E-state index in [-0.39, 0.29) is 0 Å². The molecule has 1 atom stereocenters. The van der Waals surface area contributed by atoms with Crippen LogP contribution in [0.1, 0.15) is 49.8 Å². The molecule has 0 spiro atoms. The van der Waals surface area contributed by atoms with Gasteiger partial charge in [0.25, 0.3) is 0 Å². The Labute approximate surface area is 111 Å². The lowest BCUT2D eigenvalue weighted by molar-refractivity contribution is 0.0428. The predicted octanol–water partition coefficient (Wildman–Crippen LogP) is 3.60. The molecule has 18 heavy (non-hydrogen) atoms. The van der Waals surface area contributed by atoms with Crippen LogP contribution in [-0.2, 0) is 4.74 Å². The van der Waals surface area contributed by atoms with Gasteiger partial charge in [0.05, 0.1) is 18.8 Å². The average molecular weight is 247 g/mol. The highest BCUT2D eigenvalue weighted by molar-refractivity contribution is 5.24. The van der Waals surface area contributed by atoms with E-state index in [0.29, 0.717) is 12.1 Å². The molecule has 0 heterocycles. The van der Waals surface area contributed by atoms with Crippen molar-refractivity contribution in [1.29, 1.82) is 0 Å². The summed E-state index contributed by atoms with van der Waals surface area (Å²) in [6.45, 7) is 6.05. The van der Waals surface area contributed by atoms with Gasteiger partial charge >= 0.3 is 0 Å². The van der Waals surface area contributed by atoms with Gasteiger partial charge in [-0.3, -0.25) is 0 Å². The Morgan fingerprint density at radius 2 is 1.89 bits per heavy atom. The Kier molecular flexibility index (Phi) is 5.21. The van der Waals surface area contributed by atoms with Gasteiger partial charge in [0, 0.05) is 0 Å². The van der Waals surface area contributed by atoms with Crippen LogP contribution >= 0.6 is 0 Å². The van der Waals surface area contributed by atoms with Crippen molar-refractivity contribution in [3.63, 3.8) is 0 Å². The van der Waals surface area contributed by atoms with Crippen molar-refractivity contribution in [2.45, 2.75) is 51.7 Å². The van der Waals surface area contributed by atoms with Crippen LogP contribution < -0.4 is 5.32 Å². The molecule has 1 saturated carbocycles. The standard InChI is InChI=1S/C16H25NO/c1-3-17-16(12-18-15-6-4-5-7-15)14-10-8-13(2)9-11-14/h8-11,15-17H,3-7,12H2,1-2H3. The molecule has 0 radical (unpaired) electrons. The van der Waals surface area contributed by atoms with Crippen molar-refractivity contribution < 1.29 is 4.74 Å². The largest absolute Gasteiger partial charge is 0.376 e. The third kappa shape index (κ3) is 3.82. The maximum Gasteiger partial charge on any atom is 0.0665 e. The predicted molar refractivity (Wildman–Crippen MR) is 75.8 cm³/mol. The van der Waals surface area contributed by atoms with Gasteiger partial charge in [-0.2, -0.15) is 0 Å². The van der Waals surface area contributed by atoms with E-state index in [1.54, 1.807) is 0 Å². The Balaban J connectivity index is 1.91. The molecular weight excluding hydrogens is 222 g/mol. The van der Waals surface area contributed by atoms with E-state index in [0.717, 1.165) is 13.2 Å². The van der Waals surface area contributed by atoms with Gasteiger partial charge in [-0.1, -0.05) is 49.6 Å². The molecule has 0 bridgehead atoms. The normalized spacial score (nSPS) is 18.1. The summed E-state index contributed by atoms with van der Waals surface area (Å²) in [6, 6.07) is 9.10. The van der Waals surface area contributed by atoms with Gasteiger partial charge in [0.1, 0.15) is 0 Å². The number of hydrogen-bond donors (Lipinski definition) is 1. The van der Waals surface area contributed by atoms with Gasteiger partial charge in [-0.05, 0) is 31.9 Å². The van der Waals surface area contributed by atoms with E-state index < -0.39 is 0 Å². The number of ether oxygens (including phenoxy) is 1. The van der Waals surface area contributed by atoms with E-state index in [1.165, 1.54) is 36.8 Å². The molecule has 0 amide bonds. The second-order valence-corrected chi connectivity index (χ2v) is 5.26. The minimum Gasteiger partial charge on any atom is -0.376 e. The van der Waals surface area contributed by atoms with Crippen LogP contribution in [0.4, 0.5) is 0 Å². The van der Waals surface area contributed by atoms with Crippen LogP contribution in [0.5, 0.6) is 0 Å². The summed E-state index contributed by atoms with van der Waals surface area (Å²) in [4.78, 5) is 0. The Bertz CT molecular complexity index is 341. The number of benzene rings is 1. The molecular formula is C16H25NO. The first kappa shape index (κ1) is 13.6. The zero-order chi connectivity index (χ0) is 12.8. The first-order valence-electron chi connectivity index (χ1n) is 7.21. The van der Waals surface area contributed by atoms with Crippen LogP contribution in [0.15, 0.2) is 24.3 Å². The van der Waals surface area contributed by atoms with Gasteiger partial charge in [-0.25, -0.2) is 0 Å². The summed E-state index contributed by atoms with van der Waals surface area (Å²) in [5.74, 6) is 0. The fraction of sp³-hybridized carbons (Fsp3) is 0.625. The summed E-state index contributed by atoms with van der Waals surface area (Å²) < 4.78 is 6.04. The molecule has 0 saturated heterocycles. The van der Waals surface area contributed by atoms with Crippen LogP contribution in [0.3, 0.4) is 0 Å². The van der Waals surface area contributed by atoms with Crippen molar-refractivity contribution in [2.24, 2.45) is 0 Å². The zero-order valence-corrected chi connectivity index (χ0v) is 11.6. The molecule has 0 aliphatic heterocycles. The molecule has 2 heteroatoms. The Hall–Kier alpha value is -0.860. The van der Waals surface area contributed by atoms with E-state index in [2.05, 4.69) is 43.4 Å². The quantitative estimate of drug-likeness (QED) is 0.829. The number of rotatable bonds is 6. The summed E-state index contributed by atoms with van der Waals surface area (Å²) in [6.07, 6.45) is 5.65. The maximum atomic E-state index is 6.04. The molecule has 1 aliphatic carbocycles. The molecule has 1 N–H and O–H groups in total. The highest BCUT2D eigenvalue weighted by Crippen LogP contribution is 2.23. The molecule has 2 nitrogen and oxygen atoms in total. The number of aryl methyl sites for hydroxylation is 1. The summed E-state index contributed by atoms with van der Waals surface area (Å²) in [5.41, 5.74) is 2.64. The number of likely N-dealkylation sites (N-methyl/N-ethyl adjacent to an activating group) is 1. The molecule has 1 aromatic carbocycles. The Morgan fingerprint density at radius 1 is 1.22 bits per heavy atom. The first-order valence-corrected chi connectivity index (χ1v) is 7.21. The monoisotopic (exact) mass is 247 g/mol. The fourth-order valence-corrected chi connectivity index (χ4v) is 2.61.